The average molecular weight is 915 g/mol. The van der Waals surface area contributed by atoms with E-state index in [4.69, 9.17) is 0 Å². The smallest absolute Gasteiger partial charge is 0.744 e. The van der Waals surface area contributed by atoms with E-state index in [0.29, 0.717) is 0 Å². The van der Waals surface area contributed by atoms with Crippen LogP contribution in [0.4, 0.5) is 34.6 Å². The molecule has 22 nitrogen and oxygen atoms in total. The average Bonchev–Trinajstić information content (AvgIpc) is 3.14. The van der Waals surface area contributed by atoms with Gasteiger partial charge in [0, 0.05) is 11.4 Å². The van der Waals surface area contributed by atoms with Gasteiger partial charge in [-0.15, -0.1) is 0 Å². The molecule has 60 heavy (non-hydrogen) atoms. The third kappa shape index (κ3) is 13.0. The summed E-state index contributed by atoms with van der Waals surface area (Å²) >= 11 is 0. The van der Waals surface area contributed by atoms with Gasteiger partial charge >= 0.3 is 59.1 Å². The minimum absolute atomic E-state index is 0. The molecule has 6 aromatic rings. The van der Waals surface area contributed by atoms with Gasteiger partial charge in [-0.1, -0.05) is 36.4 Å². The largest absolute Gasteiger partial charge is 1.00 e. The van der Waals surface area contributed by atoms with Crippen LogP contribution in [-0.4, -0.2) is 81.8 Å². The first kappa shape index (κ1) is 48.1. The molecule has 6 rings (SSSR count). The number of anilines is 4. The molecular formula is C32H24N10Na2O12S4. The van der Waals surface area contributed by atoms with Gasteiger partial charge < -0.3 is 19.7 Å². The van der Waals surface area contributed by atoms with Crippen LogP contribution >= 0.6 is 0 Å². The second-order valence-electron chi connectivity index (χ2n) is 11.5. The summed E-state index contributed by atoms with van der Waals surface area (Å²) in [5.74, 6) is -0.0447. The summed E-state index contributed by atoms with van der Waals surface area (Å²) in [6.45, 7) is 0. The molecule has 0 unspecified atom stereocenters. The van der Waals surface area contributed by atoms with Crippen LogP contribution in [0.15, 0.2) is 127 Å². The van der Waals surface area contributed by atoms with Crippen LogP contribution < -0.4 is 81.0 Å². The van der Waals surface area contributed by atoms with Gasteiger partial charge in [0.25, 0.3) is 20.2 Å². The SMILES string of the molecule is O=S(=O)([O-])c1cccc(N=c2ncnc(Nc3ccc(/C=C/c4ccc(Nc5ncnc(=Nc6cccc(S(=O)(=O)[O-])c6)[nH]5)cc4S(=O)(=O)O)c(S(=O)(=O)O)c3)[nH]2)c1.[Na+].[Na+]. The van der Waals surface area contributed by atoms with E-state index in [1.54, 1.807) is 0 Å². The fraction of sp³-hybridized carbons (Fsp3) is 0. The number of aromatic nitrogens is 6. The summed E-state index contributed by atoms with van der Waals surface area (Å²) in [7, 11) is -19.3. The molecule has 300 valence electrons. The normalized spacial score (nSPS) is 12.7. The summed E-state index contributed by atoms with van der Waals surface area (Å²) in [4.78, 5) is 27.2. The van der Waals surface area contributed by atoms with Gasteiger partial charge in [-0.2, -0.15) is 16.8 Å². The third-order valence-corrected chi connectivity index (χ3v) is 10.9. The van der Waals surface area contributed by atoms with Gasteiger partial charge in [-0.05, 0) is 71.8 Å². The summed E-state index contributed by atoms with van der Waals surface area (Å²) in [6, 6.07) is 17.1. The van der Waals surface area contributed by atoms with E-state index >= 15 is 0 Å². The monoisotopic (exact) mass is 914 g/mol. The maximum Gasteiger partial charge on any atom is 1.00 e. The van der Waals surface area contributed by atoms with Crippen molar-refractivity contribution in [2.45, 2.75) is 19.6 Å². The van der Waals surface area contributed by atoms with Crippen LogP contribution in [0.5, 0.6) is 0 Å². The second-order valence-corrected chi connectivity index (χ2v) is 17.0. The van der Waals surface area contributed by atoms with Crippen molar-refractivity contribution in [3.05, 3.63) is 120 Å². The van der Waals surface area contributed by atoms with E-state index in [0.717, 1.165) is 49.1 Å². The Balaban J connectivity index is 0.00000397. The molecular weight excluding hydrogens is 891 g/mol. The van der Waals surface area contributed by atoms with Gasteiger partial charge in [-0.25, -0.2) is 46.8 Å². The Bertz CT molecular complexity index is 3010. The van der Waals surface area contributed by atoms with Crippen LogP contribution in [0, 0.1) is 0 Å². The Labute approximate surface area is 384 Å². The van der Waals surface area contributed by atoms with E-state index in [2.05, 4.69) is 50.5 Å². The number of hydrogen-bond acceptors (Lipinski definition) is 18. The molecule has 0 aliphatic rings. The van der Waals surface area contributed by atoms with Crippen LogP contribution in [-0.2, 0) is 40.5 Å². The summed E-state index contributed by atoms with van der Waals surface area (Å²) in [5.41, 5.74) is -0.0596. The molecule has 6 N–H and O–H groups in total. The number of aromatic amines is 2. The first-order valence-corrected chi connectivity index (χ1v) is 21.4. The van der Waals surface area contributed by atoms with Gasteiger partial charge in [0.05, 0.1) is 21.2 Å². The predicted molar refractivity (Wildman–Crippen MR) is 200 cm³/mol. The number of hydrogen-bond donors (Lipinski definition) is 6. The minimum atomic E-state index is -4.90. The minimum Gasteiger partial charge on any atom is -0.744 e. The summed E-state index contributed by atoms with van der Waals surface area (Å²) in [6.07, 6.45) is 4.51. The Morgan fingerprint density at radius 1 is 0.550 bits per heavy atom. The molecule has 0 saturated heterocycles. The second kappa shape index (κ2) is 19.5. The Hall–Kier alpha value is -4.52. The number of H-pyrrole nitrogens is 2. The van der Waals surface area contributed by atoms with Gasteiger partial charge in [-0.3, -0.25) is 19.1 Å². The summed E-state index contributed by atoms with van der Waals surface area (Å²) < 4.78 is 138. The van der Waals surface area contributed by atoms with Gasteiger partial charge in [0.1, 0.15) is 42.7 Å². The van der Waals surface area contributed by atoms with Crippen molar-refractivity contribution in [2.75, 3.05) is 10.6 Å². The molecule has 0 amide bonds. The quantitative estimate of drug-likeness (QED) is 0.0392. The van der Waals surface area contributed by atoms with Crippen molar-refractivity contribution in [3.63, 3.8) is 0 Å². The fourth-order valence-electron chi connectivity index (χ4n) is 4.93. The number of benzene rings is 4. The maximum atomic E-state index is 12.4. The molecule has 0 radical (unpaired) electrons. The molecule has 0 fully saturated rings. The zero-order valence-corrected chi connectivity index (χ0v) is 38.0. The van der Waals surface area contributed by atoms with Crippen LogP contribution in [0.2, 0.25) is 0 Å². The molecule has 2 aromatic heterocycles. The van der Waals surface area contributed by atoms with Crippen LogP contribution in [0.25, 0.3) is 12.2 Å². The fourth-order valence-corrected chi connectivity index (χ4v) is 7.37. The van der Waals surface area contributed by atoms with E-state index in [1.165, 1.54) is 60.7 Å². The predicted octanol–water partition coefficient (Wildman–Crippen LogP) is -3.65. The van der Waals surface area contributed by atoms with Gasteiger partial charge in [0.15, 0.2) is 0 Å². The van der Waals surface area contributed by atoms with Crippen molar-refractivity contribution in [2.24, 2.45) is 9.98 Å². The number of nitrogens with zero attached hydrogens (tertiary/aromatic N) is 6. The molecule has 28 heteroatoms. The summed E-state index contributed by atoms with van der Waals surface area (Å²) in [5, 5.41) is 5.55. The zero-order chi connectivity index (χ0) is 41.9. The zero-order valence-electron chi connectivity index (χ0n) is 30.7. The molecule has 0 aliphatic carbocycles. The van der Waals surface area contributed by atoms with Crippen molar-refractivity contribution >= 4 is 87.3 Å². The first-order valence-electron chi connectivity index (χ1n) is 15.7. The molecule has 0 aliphatic heterocycles. The molecule has 0 saturated carbocycles. The van der Waals surface area contributed by atoms with Crippen LogP contribution in [0.1, 0.15) is 11.1 Å². The third-order valence-electron chi connectivity index (χ3n) is 7.43. The van der Waals surface area contributed by atoms with E-state index < -0.39 is 60.1 Å². The van der Waals surface area contributed by atoms with E-state index in [1.807, 2.05) is 0 Å². The number of rotatable bonds is 12. The molecule has 4 aromatic carbocycles. The van der Waals surface area contributed by atoms with E-state index in [-0.39, 0.29) is 116 Å². The topological polar surface area (TPSA) is 355 Å². The van der Waals surface area contributed by atoms with Gasteiger partial charge in [0.2, 0.25) is 23.1 Å². The maximum absolute atomic E-state index is 12.4. The van der Waals surface area contributed by atoms with Crippen molar-refractivity contribution in [1.82, 2.24) is 29.9 Å². The first-order chi connectivity index (χ1) is 27.2. The molecule has 0 atom stereocenters. The number of nitrogens with one attached hydrogen (secondary N) is 4. The Morgan fingerprint density at radius 2 is 0.933 bits per heavy atom. The standard InChI is InChI=1S/C32H26N10O12S4.2Na/c43-55(44,45)25-5-1-3-21(13-25)37-29-33-17-35-31(41-29)39-23-11-9-19(27(15-23)57(49,50)51)7-8-20-10-12-24(16-28(20)58(52,53)54)40-32-36-18-34-30(42-32)38-22-4-2-6-26(14-22)56(46,47)48;;/h1-18H,(H,43,44,45)(H,46,47,48)(H,49,50,51)(H,52,53,54)(H2,33,35,37,39,41)(H2,34,36,38,40,42);;/q;2*+1/p-2/b8-7+;;. The van der Waals surface area contributed by atoms with Crippen molar-refractivity contribution < 1.29 is 111 Å². The Kier molecular flexibility index (Phi) is 15.6. The van der Waals surface area contributed by atoms with Crippen molar-refractivity contribution in [3.8, 4) is 0 Å². The Morgan fingerprint density at radius 3 is 1.28 bits per heavy atom. The van der Waals surface area contributed by atoms with Crippen LogP contribution in [0.3, 0.4) is 0 Å². The molecule has 0 spiro atoms. The molecule has 2 heterocycles. The van der Waals surface area contributed by atoms with Crippen molar-refractivity contribution in [1.29, 1.82) is 0 Å². The van der Waals surface area contributed by atoms with E-state index in [9.17, 15) is 51.9 Å². The molecule has 0 bridgehead atoms.